The molecule has 0 aliphatic rings. The normalized spacial score (nSPS) is 12.4. The van der Waals surface area contributed by atoms with Crippen LogP contribution in [0.25, 0.3) is 11.1 Å². The molecule has 19 heavy (non-hydrogen) atoms. The highest BCUT2D eigenvalue weighted by molar-refractivity contribution is 5.64. The lowest BCUT2D eigenvalue weighted by Gasteiger charge is -2.08. The molecule has 2 aromatic rings. The standard InChI is InChI=1S/C18H23N/c1-3-5-15-6-4-7-18(13-15)17-10-8-16(9-11-17)12-14(2)19/h4,6-11,13-14H,3,5,12,19H2,1-2H3. The Bertz CT molecular complexity index is 511. The molecule has 100 valence electrons. The summed E-state index contributed by atoms with van der Waals surface area (Å²) in [5.41, 5.74) is 11.1. The van der Waals surface area contributed by atoms with Gasteiger partial charge in [-0.15, -0.1) is 0 Å². The Morgan fingerprint density at radius 3 is 2.32 bits per heavy atom. The van der Waals surface area contributed by atoms with Crippen LogP contribution in [0.1, 0.15) is 31.4 Å². The number of rotatable bonds is 5. The Morgan fingerprint density at radius 2 is 1.68 bits per heavy atom. The fourth-order valence-electron chi connectivity index (χ4n) is 2.40. The van der Waals surface area contributed by atoms with Crippen molar-refractivity contribution < 1.29 is 0 Å². The van der Waals surface area contributed by atoms with Gasteiger partial charge in [0.2, 0.25) is 0 Å². The van der Waals surface area contributed by atoms with Crippen molar-refractivity contribution in [2.24, 2.45) is 5.73 Å². The second-order valence-electron chi connectivity index (χ2n) is 5.33. The van der Waals surface area contributed by atoms with E-state index < -0.39 is 0 Å². The minimum atomic E-state index is 0.221. The van der Waals surface area contributed by atoms with Gasteiger partial charge in [-0.3, -0.25) is 0 Å². The van der Waals surface area contributed by atoms with Gasteiger partial charge in [0, 0.05) is 6.04 Å². The van der Waals surface area contributed by atoms with E-state index in [9.17, 15) is 0 Å². The predicted octanol–water partition coefficient (Wildman–Crippen LogP) is 4.20. The molecule has 0 bridgehead atoms. The van der Waals surface area contributed by atoms with Crippen molar-refractivity contribution >= 4 is 0 Å². The topological polar surface area (TPSA) is 26.0 Å². The van der Waals surface area contributed by atoms with Crippen LogP contribution in [-0.2, 0) is 12.8 Å². The molecule has 1 nitrogen and oxygen atoms in total. The molecule has 0 fully saturated rings. The van der Waals surface area contributed by atoms with E-state index >= 15 is 0 Å². The van der Waals surface area contributed by atoms with Crippen LogP contribution in [0.2, 0.25) is 0 Å². The summed E-state index contributed by atoms with van der Waals surface area (Å²) in [4.78, 5) is 0. The number of hydrogen-bond donors (Lipinski definition) is 1. The molecular weight excluding hydrogens is 230 g/mol. The molecule has 0 aliphatic heterocycles. The van der Waals surface area contributed by atoms with Gasteiger partial charge >= 0.3 is 0 Å². The first-order valence-corrected chi connectivity index (χ1v) is 7.13. The summed E-state index contributed by atoms with van der Waals surface area (Å²) < 4.78 is 0. The smallest absolute Gasteiger partial charge is 0.00509 e. The van der Waals surface area contributed by atoms with Crippen LogP contribution < -0.4 is 5.73 Å². The summed E-state index contributed by atoms with van der Waals surface area (Å²) in [7, 11) is 0. The average molecular weight is 253 g/mol. The zero-order valence-electron chi connectivity index (χ0n) is 11.9. The summed E-state index contributed by atoms with van der Waals surface area (Å²) in [6.07, 6.45) is 3.28. The van der Waals surface area contributed by atoms with Crippen LogP contribution in [0.3, 0.4) is 0 Å². The SMILES string of the molecule is CCCc1cccc(-c2ccc(CC(C)N)cc2)c1. The highest BCUT2D eigenvalue weighted by atomic mass is 14.6. The monoisotopic (exact) mass is 253 g/mol. The summed E-state index contributed by atoms with van der Waals surface area (Å²) in [6, 6.07) is 17.8. The van der Waals surface area contributed by atoms with Crippen molar-refractivity contribution in [1.29, 1.82) is 0 Å². The molecule has 0 amide bonds. The van der Waals surface area contributed by atoms with E-state index in [4.69, 9.17) is 5.73 Å². The minimum absolute atomic E-state index is 0.221. The van der Waals surface area contributed by atoms with Crippen molar-refractivity contribution in [3.05, 3.63) is 59.7 Å². The first-order valence-electron chi connectivity index (χ1n) is 7.13. The lowest BCUT2D eigenvalue weighted by molar-refractivity contribution is 0.738. The van der Waals surface area contributed by atoms with Crippen molar-refractivity contribution in [1.82, 2.24) is 0 Å². The summed E-state index contributed by atoms with van der Waals surface area (Å²) >= 11 is 0. The molecule has 0 radical (unpaired) electrons. The zero-order valence-corrected chi connectivity index (χ0v) is 11.9. The number of nitrogens with two attached hydrogens (primary N) is 1. The van der Waals surface area contributed by atoms with Gasteiger partial charge in [-0.05, 0) is 42.0 Å². The van der Waals surface area contributed by atoms with E-state index in [0.717, 1.165) is 12.8 Å². The first-order chi connectivity index (χ1) is 9.19. The molecule has 0 heterocycles. The third-order valence-corrected chi connectivity index (χ3v) is 3.31. The molecule has 0 saturated carbocycles. The van der Waals surface area contributed by atoms with Gasteiger partial charge < -0.3 is 5.73 Å². The van der Waals surface area contributed by atoms with Crippen LogP contribution >= 0.6 is 0 Å². The molecule has 0 saturated heterocycles. The molecule has 0 spiro atoms. The van der Waals surface area contributed by atoms with Gasteiger partial charge in [0.25, 0.3) is 0 Å². The third-order valence-electron chi connectivity index (χ3n) is 3.31. The molecule has 0 aliphatic carbocycles. The molecule has 1 atom stereocenters. The maximum atomic E-state index is 5.83. The number of benzene rings is 2. The largest absolute Gasteiger partial charge is 0.328 e. The molecular formula is C18H23N. The van der Waals surface area contributed by atoms with Gasteiger partial charge in [-0.25, -0.2) is 0 Å². The van der Waals surface area contributed by atoms with E-state index in [1.807, 2.05) is 6.92 Å². The lowest BCUT2D eigenvalue weighted by atomic mass is 9.99. The van der Waals surface area contributed by atoms with E-state index in [0.29, 0.717) is 0 Å². The van der Waals surface area contributed by atoms with Crippen LogP contribution in [0.5, 0.6) is 0 Å². The van der Waals surface area contributed by atoms with Crippen molar-refractivity contribution in [2.75, 3.05) is 0 Å². The summed E-state index contributed by atoms with van der Waals surface area (Å²) in [5, 5.41) is 0. The Hall–Kier alpha value is -1.60. The quantitative estimate of drug-likeness (QED) is 0.849. The summed E-state index contributed by atoms with van der Waals surface area (Å²) in [5.74, 6) is 0. The van der Waals surface area contributed by atoms with Gasteiger partial charge in [0.1, 0.15) is 0 Å². The fourth-order valence-corrected chi connectivity index (χ4v) is 2.40. The van der Waals surface area contributed by atoms with Gasteiger partial charge in [-0.2, -0.15) is 0 Å². The van der Waals surface area contributed by atoms with E-state index in [2.05, 4.69) is 55.5 Å². The lowest BCUT2D eigenvalue weighted by Crippen LogP contribution is -2.17. The maximum absolute atomic E-state index is 5.83. The molecule has 2 N–H and O–H groups in total. The molecule has 2 aromatic carbocycles. The Morgan fingerprint density at radius 1 is 0.947 bits per heavy atom. The minimum Gasteiger partial charge on any atom is -0.328 e. The van der Waals surface area contributed by atoms with Crippen molar-refractivity contribution in [3.63, 3.8) is 0 Å². The third kappa shape index (κ3) is 3.93. The van der Waals surface area contributed by atoms with Crippen molar-refractivity contribution in [3.8, 4) is 11.1 Å². The van der Waals surface area contributed by atoms with E-state index in [1.165, 1.54) is 28.7 Å². The highest BCUT2D eigenvalue weighted by Crippen LogP contribution is 2.22. The molecule has 0 aromatic heterocycles. The van der Waals surface area contributed by atoms with Crippen LogP contribution in [0, 0.1) is 0 Å². The molecule has 2 rings (SSSR count). The Labute approximate surface area is 116 Å². The second-order valence-corrected chi connectivity index (χ2v) is 5.33. The fraction of sp³-hybridized carbons (Fsp3) is 0.333. The van der Waals surface area contributed by atoms with Crippen LogP contribution in [0.4, 0.5) is 0 Å². The maximum Gasteiger partial charge on any atom is 0.00509 e. The molecule has 1 unspecified atom stereocenters. The predicted molar refractivity (Wildman–Crippen MR) is 83.2 cm³/mol. The van der Waals surface area contributed by atoms with Gasteiger partial charge in [0.05, 0.1) is 0 Å². The van der Waals surface area contributed by atoms with Crippen LogP contribution in [-0.4, -0.2) is 6.04 Å². The van der Waals surface area contributed by atoms with Crippen LogP contribution in [0.15, 0.2) is 48.5 Å². The Balaban J connectivity index is 2.19. The van der Waals surface area contributed by atoms with Gasteiger partial charge in [-0.1, -0.05) is 61.9 Å². The Kier molecular flexibility index (Phi) is 4.75. The first kappa shape index (κ1) is 13.8. The average Bonchev–Trinajstić information content (AvgIpc) is 2.40. The van der Waals surface area contributed by atoms with E-state index in [-0.39, 0.29) is 6.04 Å². The summed E-state index contributed by atoms with van der Waals surface area (Å²) in [6.45, 7) is 4.26. The number of hydrogen-bond acceptors (Lipinski definition) is 1. The second kappa shape index (κ2) is 6.53. The zero-order chi connectivity index (χ0) is 13.7. The highest BCUT2D eigenvalue weighted by Gasteiger charge is 2.01. The van der Waals surface area contributed by atoms with Crippen molar-refractivity contribution in [2.45, 2.75) is 39.2 Å². The van der Waals surface area contributed by atoms with Gasteiger partial charge in [0.15, 0.2) is 0 Å². The van der Waals surface area contributed by atoms with E-state index in [1.54, 1.807) is 0 Å². The molecule has 1 heteroatoms. The number of aryl methyl sites for hydroxylation is 1.